The fourth-order valence-corrected chi connectivity index (χ4v) is 4.33. The Balaban J connectivity index is 1.36. The first-order valence-electron chi connectivity index (χ1n) is 10.8. The number of carbonyl (C=O) groups is 1. The van der Waals surface area contributed by atoms with Crippen LogP contribution in [0, 0.1) is 13.8 Å². The maximum Gasteiger partial charge on any atom is 0.257 e. The molecule has 0 aliphatic rings. The molecule has 3 aromatic carbocycles. The van der Waals surface area contributed by atoms with E-state index in [0.717, 1.165) is 27.9 Å². The lowest BCUT2D eigenvalue weighted by Gasteiger charge is -2.11. The second kappa shape index (κ2) is 10.4. The van der Waals surface area contributed by atoms with Crippen LogP contribution in [0.25, 0.3) is 11.1 Å². The lowest BCUT2D eigenvalue weighted by atomic mass is 10.1. The Morgan fingerprint density at radius 1 is 1.12 bits per heavy atom. The molecule has 0 radical (unpaired) electrons. The minimum atomic E-state index is -0.306. The van der Waals surface area contributed by atoms with E-state index < -0.39 is 0 Å². The first kappa shape index (κ1) is 23.9. The molecular formula is C26H24BrN3O3S. The summed E-state index contributed by atoms with van der Waals surface area (Å²) in [5, 5.41) is 5.95. The number of carbonyl (C=O) groups excluding carboxylic acids is 1. The summed E-state index contributed by atoms with van der Waals surface area (Å²) in [7, 11) is 0. The first-order chi connectivity index (χ1) is 16.3. The van der Waals surface area contributed by atoms with Crippen molar-refractivity contribution in [1.29, 1.82) is 0 Å². The molecule has 0 aliphatic carbocycles. The smallest absolute Gasteiger partial charge is 0.257 e. The number of amides is 1. The van der Waals surface area contributed by atoms with Crippen molar-refractivity contribution in [2.75, 3.05) is 11.9 Å². The van der Waals surface area contributed by atoms with Gasteiger partial charge in [-0.05, 0) is 102 Å². The van der Waals surface area contributed by atoms with Gasteiger partial charge in [-0.15, -0.1) is 0 Å². The fraction of sp³-hybridized carbons (Fsp3) is 0.192. The number of aromatic nitrogens is 1. The quantitative estimate of drug-likeness (QED) is 0.280. The molecule has 0 unspecified atom stereocenters. The van der Waals surface area contributed by atoms with Crippen LogP contribution in [-0.4, -0.2) is 22.6 Å². The third-order valence-corrected chi connectivity index (χ3v) is 5.98. The SMILES string of the molecule is CCOc1ccc(C(=O)NC(=S)Nc2ccc(Cc3nc4cc(C)cc(C)c4o3)cc2)cc1Br. The zero-order valence-electron chi connectivity index (χ0n) is 19.1. The maximum absolute atomic E-state index is 12.5. The molecule has 1 aromatic heterocycles. The van der Waals surface area contributed by atoms with E-state index in [1.807, 2.05) is 44.2 Å². The minimum Gasteiger partial charge on any atom is -0.493 e. The van der Waals surface area contributed by atoms with Crippen LogP contribution in [0.15, 0.2) is 63.5 Å². The van der Waals surface area contributed by atoms with Gasteiger partial charge in [-0.2, -0.15) is 0 Å². The van der Waals surface area contributed by atoms with E-state index in [1.165, 1.54) is 5.56 Å². The Bertz CT molecular complexity index is 1370. The molecule has 0 atom stereocenters. The number of halogens is 1. The van der Waals surface area contributed by atoms with Crippen molar-refractivity contribution in [3.63, 3.8) is 0 Å². The van der Waals surface area contributed by atoms with Crippen LogP contribution >= 0.6 is 28.1 Å². The molecule has 0 saturated carbocycles. The summed E-state index contributed by atoms with van der Waals surface area (Å²) in [6, 6.07) is 17.0. The molecule has 4 rings (SSSR count). The van der Waals surface area contributed by atoms with Crippen molar-refractivity contribution in [3.05, 3.63) is 87.2 Å². The van der Waals surface area contributed by atoms with E-state index in [2.05, 4.69) is 44.5 Å². The third-order valence-electron chi connectivity index (χ3n) is 5.15. The summed E-state index contributed by atoms with van der Waals surface area (Å²) >= 11 is 8.72. The van der Waals surface area contributed by atoms with Gasteiger partial charge in [0.2, 0.25) is 0 Å². The van der Waals surface area contributed by atoms with Crippen LogP contribution < -0.4 is 15.4 Å². The number of hydrogen-bond donors (Lipinski definition) is 2. The third kappa shape index (κ3) is 5.63. The van der Waals surface area contributed by atoms with Gasteiger partial charge in [0.1, 0.15) is 11.3 Å². The highest BCUT2D eigenvalue weighted by Crippen LogP contribution is 2.26. The van der Waals surface area contributed by atoms with E-state index in [-0.39, 0.29) is 11.0 Å². The molecule has 1 amide bonds. The number of ether oxygens (including phenoxy) is 1. The van der Waals surface area contributed by atoms with Crippen LogP contribution in [0.3, 0.4) is 0 Å². The Labute approximate surface area is 211 Å². The molecule has 0 saturated heterocycles. The number of nitrogens with zero attached hydrogens (tertiary/aromatic N) is 1. The number of rotatable bonds is 6. The van der Waals surface area contributed by atoms with Crippen molar-refractivity contribution in [1.82, 2.24) is 10.3 Å². The van der Waals surface area contributed by atoms with Gasteiger partial charge in [-0.1, -0.05) is 18.2 Å². The van der Waals surface area contributed by atoms with Crippen molar-refractivity contribution in [2.45, 2.75) is 27.2 Å². The number of oxazole rings is 1. The second-order valence-electron chi connectivity index (χ2n) is 7.90. The minimum absolute atomic E-state index is 0.215. The van der Waals surface area contributed by atoms with E-state index >= 15 is 0 Å². The Morgan fingerprint density at radius 2 is 1.88 bits per heavy atom. The molecule has 2 N–H and O–H groups in total. The normalized spacial score (nSPS) is 10.8. The zero-order valence-corrected chi connectivity index (χ0v) is 21.5. The highest BCUT2D eigenvalue weighted by Gasteiger charge is 2.12. The molecule has 0 bridgehead atoms. The molecule has 6 nitrogen and oxygen atoms in total. The van der Waals surface area contributed by atoms with Gasteiger partial charge in [-0.25, -0.2) is 4.98 Å². The molecule has 0 fully saturated rings. The molecule has 4 aromatic rings. The van der Waals surface area contributed by atoms with Crippen LogP contribution in [0.4, 0.5) is 5.69 Å². The van der Waals surface area contributed by atoms with E-state index in [0.29, 0.717) is 34.7 Å². The molecule has 1 heterocycles. The number of benzene rings is 3. The van der Waals surface area contributed by atoms with Crippen molar-refractivity contribution < 1.29 is 13.9 Å². The predicted molar refractivity (Wildman–Crippen MR) is 142 cm³/mol. The van der Waals surface area contributed by atoms with E-state index in [9.17, 15) is 4.79 Å². The number of thiocarbonyl (C=S) groups is 1. The maximum atomic E-state index is 12.5. The highest BCUT2D eigenvalue weighted by molar-refractivity contribution is 9.10. The van der Waals surface area contributed by atoms with Gasteiger partial charge in [-0.3, -0.25) is 10.1 Å². The Hall–Kier alpha value is -3.23. The molecule has 174 valence electrons. The van der Waals surface area contributed by atoms with Gasteiger partial charge in [0.15, 0.2) is 16.6 Å². The Morgan fingerprint density at radius 3 is 2.59 bits per heavy atom. The van der Waals surface area contributed by atoms with Crippen LogP contribution in [-0.2, 0) is 6.42 Å². The number of nitrogens with one attached hydrogen (secondary N) is 2. The van der Waals surface area contributed by atoms with Gasteiger partial charge in [0.05, 0.1) is 11.1 Å². The van der Waals surface area contributed by atoms with E-state index in [1.54, 1.807) is 18.2 Å². The number of fused-ring (bicyclic) bond motifs is 1. The molecule has 8 heteroatoms. The highest BCUT2D eigenvalue weighted by atomic mass is 79.9. The number of hydrogen-bond acceptors (Lipinski definition) is 5. The zero-order chi connectivity index (χ0) is 24.2. The standard InChI is InChI=1S/C26H24BrN3O3S/c1-4-32-22-10-7-18(14-20(22)27)25(31)30-26(34)28-19-8-5-17(6-9-19)13-23-29-21-12-15(2)11-16(3)24(21)33-23/h5-12,14H,4,13H2,1-3H3,(H2,28,30,31,34). The van der Waals surface area contributed by atoms with Gasteiger partial charge >= 0.3 is 0 Å². The van der Waals surface area contributed by atoms with Gasteiger partial charge in [0.25, 0.3) is 5.91 Å². The second-order valence-corrected chi connectivity index (χ2v) is 9.16. The summed E-state index contributed by atoms with van der Waals surface area (Å²) < 4.78 is 12.1. The van der Waals surface area contributed by atoms with Gasteiger partial charge in [0, 0.05) is 17.7 Å². The summed E-state index contributed by atoms with van der Waals surface area (Å²) in [6.07, 6.45) is 0.585. The summed E-state index contributed by atoms with van der Waals surface area (Å²) in [5.41, 5.74) is 6.26. The molecule has 0 spiro atoms. The van der Waals surface area contributed by atoms with Crippen LogP contribution in [0.1, 0.15) is 39.9 Å². The van der Waals surface area contributed by atoms with E-state index in [4.69, 9.17) is 21.4 Å². The average Bonchev–Trinajstić information content (AvgIpc) is 3.19. The van der Waals surface area contributed by atoms with Crippen molar-refractivity contribution in [2.24, 2.45) is 0 Å². The predicted octanol–water partition coefficient (Wildman–Crippen LogP) is 6.32. The van der Waals surface area contributed by atoms with Crippen LogP contribution in [0.5, 0.6) is 5.75 Å². The van der Waals surface area contributed by atoms with Crippen molar-refractivity contribution >= 4 is 56.0 Å². The largest absolute Gasteiger partial charge is 0.493 e. The van der Waals surface area contributed by atoms with Crippen molar-refractivity contribution in [3.8, 4) is 5.75 Å². The summed E-state index contributed by atoms with van der Waals surface area (Å²) in [5.74, 6) is 1.05. The lowest BCUT2D eigenvalue weighted by molar-refractivity contribution is 0.0977. The topological polar surface area (TPSA) is 76.4 Å². The summed E-state index contributed by atoms with van der Waals surface area (Å²) in [4.78, 5) is 17.1. The number of anilines is 1. The summed E-state index contributed by atoms with van der Waals surface area (Å²) in [6.45, 7) is 6.53. The lowest BCUT2D eigenvalue weighted by Crippen LogP contribution is -2.34. The monoisotopic (exact) mass is 537 g/mol. The molecular weight excluding hydrogens is 514 g/mol. The first-order valence-corrected chi connectivity index (χ1v) is 12.0. The average molecular weight is 538 g/mol. The Kier molecular flexibility index (Phi) is 7.29. The van der Waals surface area contributed by atoms with Gasteiger partial charge < -0.3 is 14.5 Å². The fourth-order valence-electron chi connectivity index (χ4n) is 3.63. The molecule has 34 heavy (non-hydrogen) atoms. The van der Waals surface area contributed by atoms with Crippen LogP contribution in [0.2, 0.25) is 0 Å². The molecule has 0 aliphatic heterocycles. The number of aryl methyl sites for hydroxylation is 2.